The lowest BCUT2D eigenvalue weighted by Gasteiger charge is -2.17. The number of nitrogens with two attached hydrogens (primary N) is 1. The van der Waals surface area contributed by atoms with Crippen LogP contribution in [-0.2, 0) is 17.9 Å². The number of nitrogens with zero attached hydrogens (tertiary/aromatic N) is 1. The normalized spacial score (nSPS) is 11.2. The van der Waals surface area contributed by atoms with Crippen molar-refractivity contribution in [3.05, 3.63) is 70.1 Å². The van der Waals surface area contributed by atoms with Crippen LogP contribution in [0.3, 0.4) is 0 Å². The lowest BCUT2D eigenvalue weighted by atomic mass is 10.1. The molecule has 0 aliphatic heterocycles. The average molecular weight is 299 g/mol. The molecule has 0 atom stereocenters. The monoisotopic (exact) mass is 299 g/mol. The topological polar surface area (TPSA) is 77.1 Å². The standard InChI is InChI=1S/C17H21N3O2/c1-17(2,18)16(22)19-11-13-6-8-14(9-7-13)12-20-10-4-3-5-15(20)21/h3-10H,11-12,18H2,1-2H3,(H,19,22). The van der Waals surface area contributed by atoms with E-state index in [1.807, 2.05) is 30.3 Å². The molecule has 1 heterocycles. The first-order valence-corrected chi connectivity index (χ1v) is 7.17. The average Bonchev–Trinajstić information content (AvgIpc) is 2.47. The number of aromatic nitrogens is 1. The Balaban J connectivity index is 1.98. The van der Waals surface area contributed by atoms with Crippen LogP contribution in [0, 0.1) is 0 Å². The minimum Gasteiger partial charge on any atom is -0.350 e. The van der Waals surface area contributed by atoms with Crippen molar-refractivity contribution >= 4 is 5.91 Å². The summed E-state index contributed by atoms with van der Waals surface area (Å²) >= 11 is 0. The summed E-state index contributed by atoms with van der Waals surface area (Å²) in [6, 6.07) is 12.9. The van der Waals surface area contributed by atoms with Gasteiger partial charge in [0.1, 0.15) is 0 Å². The molecule has 0 fully saturated rings. The molecule has 3 N–H and O–H groups in total. The molecule has 2 rings (SSSR count). The molecule has 1 aromatic heterocycles. The fraction of sp³-hybridized carbons (Fsp3) is 0.294. The van der Waals surface area contributed by atoms with E-state index in [1.54, 1.807) is 36.7 Å². The Bertz CT molecular complexity index is 697. The number of hydrogen-bond acceptors (Lipinski definition) is 3. The molecule has 116 valence electrons. The van der Waals surface area contributed by atoms with Gasteiger partial charge in [-0.3, -0.25) is 9.59 Å². The summed E-state index contributed by atoms with van der Waals surface area (Å²) < 4.78 is 1.65. The van der Waals surface area contributed by atoms with Crippen LogP contribution in [0.25, 0.3) is 0 Å². The van der Waals surface area contributed by atoms with Crippen LogP contribution < -0.4 is 16.6 Å². The first-order valence-electron chi connectivity index (χ1n) is 7.17. The van der Waals surface area contributed by atoms with Crippen molar-refractivity contribution in [1.29, 1.82) is 0 Å². The van der Waals surface area contributed by atoms with Crippen LogP contribution in [0.15, 0.2) is 53.5 Å². The molecule has 2 aromatic rings. The predicted octanol–water partition coefficient (Wildman–Crippen LogP) is 1.25. The number of nitrogens with one attached hydrogen (secondary N) is 1. The van der Waals surface area contributed by atoms with Crippen molar-refractivity contribution < 1.29 is 4.79 Å². The van der Waals surface area contributed by atoms with Gasteiger partial charge in [0.15, 0.2) is 0 Å². The van der Waals surface area contributed by atoms with Gasteiger partial charge in [-0.1, -0.05) is 30.3 Å². The molecule has 0 bridgehead atoms. The number of rotatable bonds is 5. The molecule has 5 heteroatoms. The van der Waals surface area contributed by atoms with E-state index in [9.17, 15) is 9.59 Å². The highest BCUT2D eigenvalue weighted by Crippen LogP contribution is 2.06. The zero-order valence-corrected chi connectivity index (χ0v) is 12.9. The number of amides is 1. The minimum atomic E-state index is -0.881. The van der Waals surface area contributed by atoms with Crippen molar-refractivity contribution in [1.82, 2.24) is 9.88 Å². The van der Waals surface area contributed by atoms with Crippen LogP contribution in [0.5, 0.6) is 0 Å². The second kappa shape index (κ2) is 6.58. The Hall–Kier alpha value is -2.40. The maximum absolute atomic E-state index is 11.7. The largest absolute Gasteiger partial charge is 0.350 e. The molecule has 1 aromatic carbocycles. The van der Waals surface area contributed by atoms with Crippen LogP contribution >= 0.6 is 0 Å². The first-order chi connectivity index (χ1) is 10.4. The van der Waals surface area contributed by atoms with Crippen LogP contribution in [0.4, 0.5) is 0 Å². The summed E-state index contributed by atoms with van der Waals surface area (Å²) in [6.07, 6.45) is 1.76. The Morgan fingerprint density at radius 3 is 2.36 bits per heavy atom. The van der Waals surface area contributed by atoms with Crippen molar-refractivity contribution in [3.63, 3.8) is 0 Å². The molecule has 0 saturated carbocycles. The van der Waals surface area contributed by atoms with E-state index in [0.29, 0.717) is 13.1 Å². The van der Waals surface area contributed by atoms with Crippen LogP contribution in [-0.4, -0.2) is 16.0 Å². The second-order valence-electron chi connectivity index (χ2n) is 5.89. The SMILES string of the molecule is CC(C)(N)C(=O)NCc1ccc(Cn2ccccc2=O)cc1. The first kappa shape index (κ1) is 16.0. The van der Waals surface area contributed by atoms with Gasteiger partial charge in [0.05, 0.1) is 12.1 Å². The van der Waals surface area contributed by atoms with Gasteiger partial charge in [-0.25, -0.2) is 0 Å². The molecule has 0 radical (unpaired) electrons. The molecule has 1 amide bonds. The Labute approximate surface area is 129 Å². The van der Waals surface area contributed by atoms with E-state index in [1.165, 1.54) is 0 Å². The Morgan fingerprint density at radius 1 is 1.14 bits per heavy atom. The van der Waals surface area contributed by atoms with Crippen molar-refractivity contribution in [3.8, 4) is 0 Å². The Morgan fingerprint density at radius 2 is 1.77 bits per heavy atom. The van der Waals surface area contributed by atoms with Gasteiger partial charge in [0.25, 0.3) is 5.56 Å². The zero-order valence-electron chi connectivity index (χ0n) is 12.9. The number of benzene rings is 1. The van der Waals surface area contributed by atoms with E-state index in [4.69, 9.17) is 5.73 Å². The summed E-state index contributed by atoms with van der Waals surface area (Å²) in [5.41, 5.74) is 6.84. The second-order valence-corrected chi connectivity index (χ2v) is 5.89. The predicted molar refractivity (Wildman–Crippen MR) is 86.4 cm³/mol. The van der Waals surface area contributed by atoms with Gasteiger partial charge >= 0.3 is 0 Å². The third-order valence-electron chi connectivity index (χ3n) is 3.31. The summed E-state index contributed by atoms with van der Waals surface area (Å²) in [7, 11) is 0. The van der Waals surface area contributed by atoms with Gasteiger partial charge in [-0.05, 0) is 31.0 Å². The summed E-state index contributed by atoms with van der Waals surface area (Å²) in [4.78, 5) is 23.4. The molecular weight excluding hydrogens is 278 g/mol. The molecular formula is C17H21N3O2. The summed E-state index contributed by atoms with van der Waals surface area (Å²) in [5.74, 6) is -0.188. The third-order valence-corrected chi connectivity index (χ3v) is 3.31. The Kier molecular flexibility index (Phi) is 4.78. The van der Waals surface area contributed by atoms with E-state index in [0.717, 1.165) is 11.1 Å². The minimum absolute atomic E-state index is 0.0241. The molecule has 5 nitrogen and oxygen atoms in total. The van der Waals surface area contributed by atoms with Gasteiger partial charge in [-0.15, -0.1) is 0 Å². The van der Waals surface area contributed by atoms with E-state index in [-0.39, 0.29) is 11.5 Å². The van der Waals surface area contributed by atoms with Gasteiger partial charge in [0, 0.05) is 18.8 Å². The molecule has 0 unspecified atom stereocenters. The molecule has 0 spiro atoms. The highest BCUT2D eigenvalue weighted by molar-refractivity contribution is 5.84. The number of carbonyl (C=O) groups is 1. The maximum Gasteiger partial charge on any atom is 0.250 e. The van der Waals surface area contributed by atoms with Crippen molar-refractivity contribution in [2.24, 2.45) is 5.73 Å². The quantitative estimate of drug-likeness (QED) is 0.872. The number of carbonyl (C=O) groups excluding carboxylic acids is 1. The highest BCUT2D eigenvalue weighted by atomic mass is 16.2. The van der Waals surface area contributed by atoms with Crippen LogP contribution in [0.2, 0.25) is 0 Å². The molecule has 0 saturated heterocycles. The highest BCUT2D eigenvalue weighted by Gasteiger charge is 2.20. The number of pyridine rings is 1. The fourth-order valence-corrected chi connectivity index (χ4v) is 1.96. The van der Waals surface area contributed by atoms with Gasteiger partial charge < -0.3 is 15.6 Å². The maximum atomic E-state index is 11.7. The van der Waals surface area contributed by atoms with Gasteiger partial charge in [0.2, 0.25) is 5.91 Å². The molecule has 0 aliphatic carbocycles. The lowest BCUT2D eigenvalue weighted by Crippen LogP contribution is -2.48. The zero-order chi connectivity index (χ0) is 16.2. The fourth-order valence-electron chi connectivity index (χ4n) is 1.96. The van der Waals surface area contributed by atoms with Crippen molar-refractivity contribution in [2.45, 2.75) is 32.5 Å². The van der Waals surface area contributed by atoms with E-state index >= 15 is 0 Å². The molecule has 22 heavy (non-hydrogen) atoms. The van der Waals surface area contributed by atoms with Gasteiger partial charge in [-0.2, -0.15) is 0 Å². The van der Waals surface area contributed by atoms with Crippen LogP contribution in [0.1, 0.15) is 25.0 Å². The van der Waals surface area contributed by atoms with Crippen molar-refractivity contribution in [2.75, 3.05) is 0 Å². The lowest BCUT2D eigenvalue weighted by molar-refractivity contribution is -0.125. The smallest absolute Gasteiger partial charge is 0.250 e. The summed E-state index contributed by atoms with van der Waals surface area (Å²) in [5, 5.41) is 2.80. The molecule has 0 aliphatic rings. The third kappa shape index (κ3) is 4.30. The summed E-state index contributed by atoms with van der Waals surface area (Å²) in [6.45, 7) is 4.30. The van der Waals surface area contributed by atoms with E-state index in [2.05, 4.69) is 5.32 Å². The number of hydrogen-bond donors (Lipinski definition) is 2. The van der Waals surface area contributed by atoms with E-state index < -0.39 is 5.54 Å².